The van der Waals surface area contributed by atoms with Crippen LogP contribution in [0.5, 0.6) is 0 Å². The van der Waals surface area contributed by atoms with E-state index >= 15 is 0 Å². The number of halogens is 2. The molecule has 1 heterocycles. The maximum Gasteiger partial charge on any atom is 0.287 e. The number of amides is 1. The molecule has 1 saturated carbocycles. The summed E-state index contributed by atoms with van der Waals surface area (Å²) >= 11 is 9.12. The molecule has 1 fully saturated rings. The maximum absolute atomic E-state index is 11.9. The van der Waals surface area contributed by atoms with Crippen LogP contribution in [-0.2, 0) is 0 Å². The smallest absolute Gasteiger partial charge is 0.287 e. The summed E-state index contributed by atoms with van der Waals surface area (Å²) in [5.74, 6) is 0.595. The van der Waals surface area contributed by atoms with Crippen LogP contribution < -0.4 is 5.32 Å². The molecule has 1 aliphatic carbocycles. The molecule has 0 unspecified atom stereocenters. The number of furan rings is 1. The molecule has 88 valence electrons. The van der Waals surface area contributed by atoms with Crippen molar-refractivity contribution in [2.24, 2.45) is 0 Å². The summed E-state index contributed by atoms with van der Waals surface area (Å²) in [6.45, 7) is 0. The number of alkyl halides is 1. The van der Waals surface area contributed by atoms with Gasteiger partial charge in [0.05, 0.1) is 5.54 Å². The first-order valence-corrected chi connectivity index (χ1v) is 6.62. The van der Waals surface area contributed by atoms with Gasteiger partial charge in [0.25, 0.3) is 5.91 Å². The Kier molecular flexibility index (Phi) is 3.60. The second kappa shape index (κ2) is 4.80. The first-order valence-electron chi connectivity index (χ1n) is 5.29. The lowest BCUT2D eigenvalue weighted by Crippen LogP contribution is -2.47. The van der Waals surface area contributed by atoms with Crippen molar-refractivity contribution in [1.29, 1.82) is 0 Å². The van der Waals surface area contributed by atoms with Crippen LogP contribution in [0.2, 0.25) is 0 Å². The highest BCUT2D eigenvalue weighted by Gasteiger charge is 2.35. The predicted octanol–water partition coefficient (Wildman–Crippen LogP) is 3.32. The normalized spacial score (nSPS) is 18.6. The minimum absolute atomic E-state index is 0.187. The highest BCUT2D eigenvalue weighted by atomic mass is 79.9. The highest BCUT2D eigenvalue weighted by Crippen LogP contribution is 2.31. The van der Waals surface area contributed by atoms with Crippen LogP contribution in [-0.4, -0.2) is 17.3 Å². The Morgan fingerprint density at radius 1 is 1.50 bits per heavy atom. The van der Waals surface area contributed by atoms with Crippen molar-refractivity contribution < 1.29 is 9.21 Å². The molecule has 0 radical (unpaired) electrons. The number of carbonyl (C=O) groups excluding carboxylic acids is 1. The van der Waals surface area contributed by atoms with E-state index < -0.39 is 0 Å². The van der Waals surface area contributed by atoms with Crippen LogP contribution in [0, 0.1) is 0 Å². The lowest BCUT2D eigenvalue weighted by Gasteiger charge is -2.27. The monoisotopic (exact) mass is 305 g/mol. The molecule has 0 atom stereocenters. The van der Waals surface area contributed by atoms with Crippen molar-refractivity contribution in [2.75, 3.05) is 5.88 Å². The molecule has 1 aliphatic rings. The van der Waals surface area contributed by atoms with Crippen LogP contribution in [0.15, 0.2) is 21.2 Å². The molecule has 5 heteroatoms. The Morgan fingerprint density at radius 2 is 2.19 bits per heavy atom. The molecule has 1 amide bonds. The predicted molar refractivity (Wildman–Crippen MR) is 65.8 cm³/mol. The zero-order valence-corrected chi connectivity index (χ0v) is 11.1. The van der Waals surface area contributed by atoms with Crippen molar-refractivity contribution >= 4 is 33.4 Å². The second-order valence-corrected chi connectivity index (χ2v) is 5.23. The van der Waals surface area contributed by atoms with E-state index in [4.69, 9.17) is 16.0 Å². The van der Waals surface area contributed by atoms with Gasteiger partial charge in [0.2, 0.25) is 0 Å². The van der Waals surface area contributed by atoms with Gasteiger partial charge < -0.3 is 9.73 Å². The van der Waals surface area contributed by atoms with Crippen LogP contribution >= 0.6 is 27.5 Å². The van der Waals surface area contributed by atoms with Crippen molar-refractivity contribution in [2.45, 2.75) is 31.2 Å². The minimum atomic E-state index is -0.238. The van der Waals surface area contributed by atoms with E-state index in [0.29, 0.717) is 16.3 Å². The quantitative estimate of drug-likeness (QED) is 0.870. The van der Waals surface area contributed by atoms with Crippen LogP contribution in [0.3, 0.4) is 0 Å². The first kappa shape index (κ1) is 12.0. The van der Waals surface area contributed by atoms with Crippen molar-refractivity contribution in [1.82, 2.24) is 5.32 Å². The van der Waals surface area contributed by atoms with Gasteiger partial charge in [-0.2, -0.15) is 0 Å². The molecule has 0 spiro atoms. The van der Waals surface area contributed by atoms with Gasteiger partial charge in [-0.05, 0) is 40.9 Å². The largest absolute Gasteiger partial charge is 0.444 e. The fourth-order valence-electron chi connectivity index (χ4n) is 2.08. The van der Waals surface area contributed by atoms with Crippen LogP contribution in [0.25, 0.3) is 0 Å². The van der Waals surface area contributed by atoms with Crippen molar-refractivity contribution in [3.05, 3.63) is 22.6 Å². The van der Waals surface area contributed by atoms with E-state index in [1.54, 1.807) is 12.1 Å². The summed E-state index contributed by atoms with van der Waals surface area (Å²) < 4.78 is 5.77. The average molecular weight is 307 g/mol. The lowest BCUT2D eigenvalue weighted by molar-refractivity contribution is 0.0879. The highest BCUT2D eigenvalue weighted by molar-refractivity contribution is 9.10. The van der Waals surface area contributed by atoms with Gasteiger partial charge in [-0.3, -0.25) is 4.79 Å². The van der Waals surface area contributed by atoms with Gasteiger partial charge in [-0.15, -0.1) is 11.6 Å². The van der Waals surface area contributed by atoms with Gasteiger partial charge in [0.1, 0.15) is 0 Å². The third kappa shape index (κ3) is 2.43. The standard InChI is InChI=1S/C11H13BrClNO2/c12-9-4-3-8(16-9)10(15)14-11(7-13)5-1-2-6-11/h3-4H,1-2,5-7H2,(H,14,15). The lowest BCUT2D eigenvalue weighted by atomic mass is 10.0. The summed E-state index contributed by atoms with van der Waals surface area (Å²) in [6.07, 6.45) is 4.14. The third-order valence-electron chi connectivity index (χ3n) is 2.99. The fourth-order valence-corrected chi connectivity index (χ4v) is 2.72. The van der Waals surface area contributed by atoms with Gasteiger partial charge in [0, 0.05) is 5.88 Å². The molecule has 1 aromatic heterocycles. The zero-order chi connectivity index (χ0) is 11.6. The van der Waals surface area contributed by atoms with Gasteiger partial charge in [0.15, 0.2) is 10.4 Å². The van der Waals surface area contributed by atoms with Gasteiger partial charge >= 0.3 is 0 Å². The Hall–Kier alpha value is -0.480. The second-order valence-electron chi connectivity index (χ2n) is 4.18. The zero-order valence-electron chi connectivity index (χ0n) is 8.76. The molecule has 0 aromatic carbocycles. The number of rotatable bonds is 3. The van der Waals surface area contributed by atoms with Crippen molar-refractivity contribution in [3.63, 3.8) is 0 Å². The molecule has 1 aromatic rings. The van der Waals surface area contributed by atoms with E-state index in [9.17, 15) is 4.79 Å². The number of carbonyl (C=O) groups is 1. The summed E-state index contributed by atoms with van der Waals surface area (Å²) in [7, 11) is 0. The third-order valence-corrected chi connectivity index (χ3v) is 3.93. The molecular formula is C11H13BrClNO2. The first-order chi connectivity index (χ1) is 7.65. The fraction of sp³-hybridized carbons (Fsp3) is 0.545. The maximum atomic E-state index is 11.9. The SMILES string of the molecule is O=C(NC1(CCl)CCCC1)c1ccc(Br)o1. The molecule has 16 heavy (non-hydrogen) atoms. The Morgan fingerprint density at radius 3 is 2.69 bits per heavy atom. The summed E-state index contributed by atoms with van der Waals surface area (Å²) in [6, 6.07) is 3.35. The molecular weight excluding hydrogens is 293 g/mol. The Labute approximate surface area is 108 Å². The molecule has 2 rings (SSSR count). The summed E-state index contributed by atoms with van der Waals surface area (Å²) in [5, 5.41) is 2.99. The van der Waals surface area contributed by atoms with Gasteiger partial charge in [-0.25, -0.2) is 0 Å². The van der Waals surface area contributed by atoms with E-state index in [1.807, 2.05) is 0 Å². The average Bonchev–Trinajstić information content (AvgIpc) is 2.88. The molecule has 0 saturated heterocycles. The summed E-state index contributed by atoms with van der Waals surface area (Å²) in [4.78, 5) is 11.9. The van der Waals surface area contributed by atoms with E-state index in [0.717, 1.165) is 25.7 Å². The van der Waals surface area contributed by atoms with Crippen molar-refractivity contribution in [3.8, 4) is 0 Å². The van der Waals surface area contributed by atoms with E-state index in [1.165, 1.54) is 0 Å². The molecule has 0 aliphatic heterocycles. The molecule has 1 N–H and O–H groups in total. The van der Waals surface area contributed by atoms with E-state index in [-0.39, 0.29) is 11.4 Å². The van der Waals surface area contributed by atoms with Gasteiger partial charge in [-0.1, -0.05) is 12.8 Å². The molecule has 3 nitrogen and oxygen atoms in total. The van der Waals surface area contributed by atoms with Crippen LogP contribution in [0.1, 0.15) is 36.2 Å². The minimum Gasteiger partial charge on any atom is -0.444 e. The number of hydrogen-bond acceptors (Lipinski definition) is 2. The number of nitrogens with one attached hydrogen (secondary N) is 1. The van der Waals surface area contributed by atoms with E-state index in [2.05, 4.69) is 21.2 Å². The van der Waals surface area contributed by atoms with Crippen LogP contribution in [0.4, 0.5) is 0 Å². The number of hydrogen-bond donors (Lipinski definition) is 1. The Balaban J connectivity index is 2.06. The Bertz CT molecular complexity index is 385. The summed E-state index contributed by atoms with van der Waals surface area (Å²) in [5.41, 5.74) is -0.238. The molecule has 0 bridgehead atoms. The topological polar surface area (TPSA) is 42.2 Å².